The van der Waals surface area contributed by atoms with Gasteiger partial charge >= 0.3 is 0 Å². The number of carbonyl (C=O) groups excluding carboxylic acids is 1. The van der Waals surface area contributed by atoms with Crippen LogP contribution in [0.25, 0.3) is 0 Å². The van der Waals surface area contributed by atoms with Crippen molar-refractivity contribution in [3.8, 4) is 0 Å². The lowest BCUT2D eigenvalue weighted by molar-refractivity contribution is -0.129. The first-order valence-corrected chi connectivity index (χ1v) is 3.39. The Kier molecular flexibility index (Phi) is 2.43. The molecule has 1 rings (SSSR count). The van der Waals surface area contributed by atoms with E-state index in [-0.39, 0.29) is 13.0 Å². The van der Waals surface area contributed by atoms with E-state index in [1.165, 1.54) is 0 Å². The van der Waals surface area contributed by atoms with E-state index in [0.717, 1.165) is 0 Å². The maximum Gasteiger partial charge on any atom is 0.246 e. The van der Waals surface area contributed by atoms with Crippen molar-refractivity contribution in [2.45, 2.75) is 24.7 Å². The average molecular weight is 161 g/mol. The van der Waals surface area contributed by atoms with Gasteiger partial charge in [-0.15, -0.1) is 0 Å². The van der Waals surface area contributed by atoms with Gasteiger partial charge < -0.3 is 20.7 Å². The SMILES string of the molecule is NC(=O)C1C[C@H](O)[C@@H](CO)O1. The molecule has 4 N–H and O–H groups in total. The molecular weight excluding hydrogens is 150 g/mol. The van der Waals surface area contributed by atoms with Crippen molar-refractivity contribution < 1.29 is 19.7 Å². The standard InChI is InChI=1S/C6H11NO4/c7-6(10)4-1-3(9)5(2-8)11-4/h3-5,8-9H,1-2H2,(H2,7,10)/t3-,4?,5+/m0/s1. The van der Waals surface area contributed by atoms with Crippen LogP contribution in [0.15, 0.2) is 0 Å². The summed E-state index contributed by atoms with van der Waals surface area (Å²) >= 11 is 0. The van der Waals surface area contributed by atoms with Crippen LogP contribution >= 0.6 is 0 Å². The van der Waals surface area contributed by atoms with Gasteiger partial charge in [0.1, 0.15) is 12.2 Å². The highest BCUT2D eigenvalue weighted by molar-refractivity contribution is 5.79. The summed E-state index contributed by atoms with van der Waals surface area (Å²) in [4.78, 5) is 10.5. The second-order valence-electron chi connectivity index (χ2n) is 2.55. The molecule has 64 valence electrons. The number of aliphatic hydroxyl groups is 2. The molecule has 5 nitrogen and oxygen atoms in total. The van der Waals surface area contributed by atoms with Gasteiger partial charge in [0, 0.05) is 6.42 Å². The first-order valence-electron chi connectivity index (χ1n) is 3.39. The quantitative estimate of drug-likeness (QED) is 0.436. The van der Waals surface area contributed by atoms with Crippen LogP contribution in [0.5, 0.6) is 0 Å². The van der Waals surface area contributed by atoms with Gasteiger partial charge in [0.2, 0.25) is 5.91 Å². The summed E-state index contributed by atoms with van der Waals surface area (Å²) < 4.78 is 4.91. The van der Waals surface area contributed by atoms with Crippen LogP contribution in [0.2, 0.25) is 0 Å². The van der Waals surface area contributed by atoms with Gasteiger partial charge in [-0.1, -0.05) is 0 Å². The van der Waals surface area contributed by atoms with E-state index in [4.69, 9.17) is 20.7 Å². The minimum atomic E-state index is -0.780. The molecule has 0 bridgehead atoms. The highest BCUT2D eigenvalue weighted by Crippen LogP contribution is 2.19. The molecule has 1 saturated heterocycles. The Bertz CT molecular complexity index is 161. The van der Waals surface area contributed by atoms with Crippen LogP contribution in [0, 0.1) is 0 Å². The van der Waals surface area contributed by atoms with Crippen LogP contribution in [0.3, 0.4) is 0 Å². The summed E-state index contributed by atoms with van der Waals surface area (Å²) in [5.74, 6) is -0.597. The van der Waals surface area contributed by atoms with Crippen LogP contribution in [-0.4, -0.2) is 41.0 Å². The lowest BCUT2D eigenvalue weighted by atomic mass is 10.1. The summed E-state index contributed by atoms with van der Waals surface area (Å²) in [5, 5.41) is 17.7. The summed E-state index contributed by atoms with van der Waals surface area (Å²) in [7, 11) is 0. The average Bonchev–Trinajstić information content (AvgIpc) is 2.31. The van der Waals surface area contributed by atoms with Crippen LogP contribution in [-0.2, 0) is 9.53 Å². The van der Waals surface area contributed by atoms with E-state index in [1.807, 2.05) is 0 Å². The number of primary amides is 1. The zero-order valence-corrected chi connectivity index (χ0v) is 5.93. The van der Waals surface area contributed by atoms with Gasteiger partial charge in [-0.2, -0.15) is 0 Å². The monoisotopic (exact) mass is 161 g/mol. The Morgan fingerprint density at radius 2 is 2.36 bits per heavy atom. The van der Waals surface area contributed by atoms with Crippen LogP contribution in [0.4, 0.5) is 0 Å². The number of aliphatic hydroxyl groups excluding tert-OH is 2. The number of amides is 1. The maximum absolute atomic E-state index is 10.5. The first kappa shape index (κ1) is 8.45. The predicted octanol–water partition coefficient (Wildman–Crippen LogP) is -2.02. The molecule has 1 unspecified atom stereocenters. The summed E-state index contributed by atoms with van der Waals surface area (Å²) in [6, 6.07) is 0. The van der Waals surface area contributed by atoms with Gasteiger partial charge in [0.05, 0.1) is 12.7 Å². The normalized spacial score (nSPS) is 37.5. The van der Waals surface area contributed by atoms with Crippen molar-refractivity contribution >= 4 is 5.91 Å². The van der Waals surface area contributed by atoms with Crippen LogP contribution < -0.4 is 5.73 Å². The second kappa shape index (κ2) is 3.17. The number of carbonyl (C=O) groups is 1. The third kappa shape index (κ3) is 1.68. The van der Waals surface area contributed by atoms with Gasteiger partial charge in [-0.25, -0.2) is 0 Å². The first-order chi connectivity index (χ1) is 5.15. The highest BCUT2D eigenvalue weighted by atomic mass is 16.5. The van der Waals surface area contributed by atoms with Crippen molar-refractivity contribution in [3.63, 3.8) is 0 Å². The molecule has 0 radical (unpaired) electrons. The maximum atomic E-state index is 10.5. The zero-order valence-electron chi connectivity index (χ0n) is 5.93. The topological polar surface area (TPSA) is 92.8 Å². The minimum Gasteiger partial charge on any atom is -0.394 e. The van der Waals surface area contributed by atoms with Gasteiger partial charge in [0.25, 0.3) is 0 Å². The smallest absolute Gasteiger partial charge is 0.246 e. The van der Waals surface area contributed by atoms with E-state index >= 15 is 0 Å². The van der Waals surface area contributed by atoms with Gasteiger partial charge in [-0.05, 0) is 0 Å². The summed E-state index contributed by atoms with van der Waals surface area (Å²) in [6.45, 7) is -0.287. The second-order valence-corrected chi connectivity index (χ2v) is 2.55. The fourth-order valence-corrected chi connectivity index (χ4v) is 1.08. The van der Waals surface area contributed by atoms with E-state index in [1.54, 1.807) is 0 Å². The Morgan fingerprint density at radius 1 is 1.73 bits per heavy atom. The van der Waals surface area contributed by atoms with Crippen molar-refractivity contribution in [1.29, 1.82) is 0 Å². The summed E-state index contributed by atoms with van der Waals surface area (Å²) in [5.41, 5.74) is 4.92. The molecular formula is C6H11NO4. The van der Waals surface area contributed by atoms with E-state index < -0.39 is 24.2 Å². The van der Waals surface area contributed by atoms with Gasteiger partial charge in [-0.3, -0.25) is 4.79 Å². The molecule has 0 spiro atoms. The molecule has 11 heavy (non-hydrogen) atoms. The summed E-state index contributed by atoms with van der Waals surface area (Å²) in [6.07, 6.45) is -2.01. The predicted molar refractivity (Wildman–Crippen MR) is 35.6 cm³/mol. The lowest BCUT2D eigenvalue weighted by Gasteiger charge is -2.09. The zero-order chi connectivity index (χ0) is 8.43. The molecule has 0 aromatic rings. The molecule has 1 aliphatic heterocycles. The van der Waals surface area contributed by atoms with Crippen molar-refractivity contribution in [3.05, 3.63) is 0 Å². The molecule has 3 atom stereocenters. The Morgan fingerprint density at radius 3 is 2.64 bits per heavy atom. The molecule has 1 fully saturated rings. The molecule has 0 saturated carbocycles. The van der Waals surface area contributed by atoms with E-state index in [0.29, 0.717) is 0 Å². The molecule has 5 heteroatoms. The number of hydrogen-bond donors (Lipinski definition) is 3. The third-order valence-electron chi connectivity index (χ3n) is 1.72. The lowest BCUT2D eigenvalue weighted by Crippen LogP contribution is -2.29. The van der Waals surface area contributed by atoms with E-state index in [2.05, 4.69) is 0 Å². The molecule has 0 aliphatic carbocycles. The van der Waals surface area contributed by atoms with Crippen molar-refractivity contribution in [2.75, 3.05) is 6.61 Å². The molecule has 0 aromatic heterocycles. The van der Waals surface area contributed by atoms with Crippen LogP contribution in [0.1, 0.15) is 6.42 Å². The molecule has 0 aromatic carbocycles. The van der Waals surface area contributed by atoms with Crippen molar-refractivity contribution in [1.82, 2.24) is 0 Å². The van der Waals surface area contributed by atoms with Crippen molar-refractivity contribution in [2.24, 2.45) is 5.73 Å². The Labute approximate surface area is 63.8 Å². The number of rotatable bonds is 2. The Hall–Kier alpha value is -0.650. The molecule has 1 heterocycles. The number of ether oxygens (including phenoxy) is 1. The minimum absolute atomic E-state index is 0.181. The largest absolute Gasteiger partial charge is 0.394 e. The van der Waals surface area contributed by atoms with E-state index in [9.17, 15) is 4.79 Å². The highest BCUT2D eigenvalue weighted by Gasteiger charge is 2.36. The Balaban J connectivity index is 2.49. The third-order valence-corrected chi connectivity index (χ3v) is 1.72. The fourth-order valence-electron chi connectivity index (χ4n) is 1.08. The number of nitrogens with two attached hydrogens (primary N) is 1. The molecule has 1 amide bonds. The fraction of sp³-hybridized carbons (Fsp3) is 0.833. The van der Waals surface area contributed by atoms with Gasteiger partial charge in [0.15, 0.2) is 0 Å². The molecule has 1 aliphatic rings. The number of hydrogen-bond acceptors (Lipinski definition) is 4.